The van der Waals surface area contributed by atoms with Gasteiger partial charge in [0.05, 0.1) is 13.7 Å². The predicted octanol–water partition coefficient (Wildman–Crippen LogP) is 3.64. The van der Waals surface area contributed by atoms with Crippen molar-refractivity contribution in [2.45, 2.75) is 52.3 Å². The second-order valence-electron chi connectivity index (χ2n) is 9.68. The van der Waals surface area contributed by atoms with E-state index in [1.54, 1.807) is 52.1 Å². The molecule has 0 aromatic heterocycles. The molecule has 202 valence electrons. The summed E-state index contributed by atoms with van der Waals surface area (Å²) in [5, 5.41) is 15.2. The van der Waals surface area contributed by atoms with Gasteiger partial charge in [0.15, 0.2) is 0 Å². The van der Waals surface area contributed by atoms with Gasteiger partial charge in [-0.2, -0.15) is 12.6 Å². The van der Waals surface area contributed by atoms with Crippen LogP contribution in [0.4, 0.5) is 10.5 Å². The van der Waals surface area contributed by atoms with E-state index in [1.807, 2.05) is 32.0 Å². The van der Waals surface area contributed by atoms with Crippen LogP contribution in [-0.2, 0) is 14.3 Å². The number of thiol groups is 1. The van der Waals surface area contributed by atoms with Crippen molar-refractivity contribution in [2.75, 3.05) is 31.3 Å². The number of anilines is 1. The van der Waals surface area contributed by atoms with Crippen LogP contribution in [0.15, 0.2) is 42.5 Å². The number of amides is 3. The predicted molar refractivity (Wildman–Crippen MR) is 146 cm³/mol. The van der Waals surface area contributed by atoms with Gasteiger partial charge in [0.25, 0.3) is 5.91 Å². The van der Waals surface area contributed by atoms with Crippen molar-refractivity contribution in [1.82, 2.24) is 10.2 Å². The lowest BCUT2D eigenvalue weighted by molar-refractivity contribution is -0.140. The van der Waals surface area contributed by atoms with Crippen LogP contribution in [0, 0.1) is 13.8 Å². The number of methoxy groups -OCH3 is 1. The summed E-state index contributed by atoms with van der Waals surface area (Å²) in [6, 6.07) is 10.2. The van der Waals surface area contributed by atoms with E-state index in [0.717, 1.165) is 11.1 Å². The molecule has 10 heteroatoms. The number of aliphatic hydroxyl groups is 1. The van der Waals surface area contributed by atoms with Gasteiger partial charge in [-0.3, -0.25) is 9.59 Å². The van der Waals surface area contributed by atoms with Crippen LogP contribution < -0.4 is 15.4 Å². The highest BCUT2D eigenvalue weighted by atomic mass is 32.1. The van der Waals surface area contributed by atoms with Gasteiger partial charge in [-0.1, -0.05) is 29.3 Å². The lowest BCUT2D eigenvalue weighted by Crippen LogP contribution is -2.53. The van der Waals surface area contributed by atoms with Crippen LogP contribution in [0.3, 0.4) is 0 Å². The molecule has 3 N–H and O–H groups in total. The standard InChI is InChI=1S/C27H37N3O6S/c1-17-13-18(2)15-19(14-17)23(24(32)28-20-7-9-21(35-6)10-8-20)30(11-12-31)25(33)22(16-37)29-26(34)36-27(3,4)5/h7-10,13-15,22-23,31,37H,11-12,16H2,1-6H3,(H,28,32)(H,29,34). The topological polar surface area (TPSA) is 117 Å². The molecule has 0 spiro atoms. The van der Waals surface area contributed by atoms with Gasteiger partial charge in [-0.05, 0) is 64.4 Å². The third kappa shape index (κ3) is 8.98. The third-order valence-electron chi connectivity index (χ3n) is 5.27. The number of alkyl carbamates (subject to hydrolysis) is 1. The maximum absolute atomic E-state index is 13.7. The molecule has 2 atom stereocenters. The fourth-order valence-corrected chi connectivity index (χ4v) is 4.08. The molecular formula is C27H37N3O6S. The monoisotopic (exact) mass is 531 g/mol. The Morgan fingerprint density at radius 2 is 1.65 bits per heavy atom. The van der Waals surface area contributed by atoms with Crippen LogP contribution in [0.2, 0.25) is 0 Å². The summed E-state index contributed by atoms with van der Waals surface area (Å²) in [5.41, 5.74) is 2.13. The molecule has 2 aromatic carbocycles. The van der Waals surface area contributed by atoms with Crippen LogP contribution >= 0.6 is 12.6 Å². The number of nitrogens with zero attached hydrogens (tertiary/aromatic N) is 1. The normalized spacial score (nSPS) is 12.8. The first kappa shape index (κ1) is 30.0. The molecule has 2 aromatic rings. The first-order valence-electron chi connectivity index (χ1n) is 11.9. The summed E-state index contributed by atoms with van der Waals surface area (Å²) in [6.07, 6.45) is -0.783. The largest absolute Gasteiger partial charge is 0.497 e. The van der Waals surface area contributed by atoms with Crippen LogP contribution in [0.25, 0.3) is 0 Å². The molecule has 2 unspecified atom stereocenters. The molecule has 0 aliphatic carbocycles. The van der Waals surface area contributed by atoms with Gasteiger partial charge >= 0.3 is 6.09 Å². The second kappa shape index (κ2) is 13.3. The van der Waals surface area contributed by atoms with Gasteiger partial charge in [0.2, 0.25) is 5.91 Å². The Labute approximate surface area is 223 Å². The zero-order valence-electron chi connectivity index (χ0n) is 22.2. The van der Waals surface area contributed by atoms with Gasteiger partial charge in [-0.15, -0.1) is 0 Å². The van der Waals surface area contributed by atoms with E-state index in [1.165, 1.54) is 4.90 Å². The quantitative estimate of drug-likeness (QED) is 0.348. The minimum atomic E-state index is -1.09. The highest BCUT2D eigenvalue weighted by Crippen LogP contribution is 2.27. The first-order chi connectivity index (χ1) is 17.4. The first-order valence-corrected chi connectivity index (χ1v) is 12.6. The van der Waals surface area contributed by atoms with Crippen LogP contribution in [0.5, 0.6) is 5.75 Å². The molecule has 3 amide bonds. The maximum Gasteiger partial charge on any atom is 0.408 e. The smallest absolute Gasteiger partial charge is 0.408 e. The van der Waals surface area contributed by atoms with Crippen molar-refractivity contribution >= 4 is 36.2 Å². The minimum Gasteiger partial charge on any atom is -0.497 e. The van der Waals surface area contributed by atoms with E-state index in [2.05, 4.69) is 23.3 Å². The Bertz CT molecular complexity index is 1060. The summed E-state index contributed by atoms with van der Waals surface area (Å²) in [6.45, 7) is 8.38. The minimum absolute atomic E-state index is 0.0420. The Morgan fingerprint density at radius 1 is 1.05 bits per heavy atom. The Morgan fingerprint density at radius 3 is 2.14 bits per heavy atom. The fourth-order valence-electron chi connectivity index (χ4n) is 3.84. The zero-order valence-corrected chi connectivity index (χ0v) is 23.1. The van der Waals surface area contributed by atoms with Gasteiger partial charge in [0, 0.05) is 18.0 Å². The molecule has 0 radical (unpaired) electrons. The average Bonchev–Trinajstić information content (AvgIpc) is 2.80. The van der Waals surface area contributed by atoms with E-state index in [-0.39, 0.29) is 12.3 Å². The molecule has 0 aliphatic rings. The van der Waals surface area contributed by atoms with Gasteiger partial charge in [0.1, 0.15) is 23.4 Å². The summed E-state index contributed by atoms with van der Waals surface area (Å²) in [7, 11) is 1.55. The molecule has 0 heterocycles. The van der Waals surface area contributed by atoms with Crippen molar-refractivity contribution < 1.29 is 29.0 Å². The SMILES string of the molecule is COc1ccc(NC(=O)C(c2cc(C)cc(C)c2)N(CCO)C(=O)C(CS)NC(=O)OC(C)(C)C)cc1. The molecule has 9 nitrogen and oxygen atoms in total. The Hall–Kier alpha value is -3.24. The summed E-state index contributed by atoms with van der Waals surface area (Å²) in [5.74, 6) is -0.471. The summed E-state index contributed by atoms with van der Waals surface area (Å²) in [4.78, 5) is 41.0. The van der Waals surface area contributed by atoms with E-state index in [0.29, 0.717) is 17.0 Å². The average molecular weight is 532 g/mol. The highest BCUT2D eigenvalue weighted by molar-refractivity contribution is 7.80. The molecule has 0 fully saturated rings. The Kier molecular flexibility index (Phi) is 10.8. The number of ether oxygens (including phenoxy) is 2. The second-order valence-corrected chi connectivity index (χ2v) is 10.0. The van der Waals surface area contributed by atoms with Crippen molar-refractivity contribution in [3.63, 3.8) is 0 Å². The number of carbonyl (C=O) groups is 3. The fraction of sp³-hybridized carbons (Fsp3) is 0.444. The molecule has 0 saturated heterocycles. The molecule has 37 heavy (non-hydrogen) atoms. The zero-order chi connectivity index (χ0) is 27.8. The van der Waals surface area contributed by atoms with E-state index in [4.69, 9.17) is 9.47 Å². The molecule has 2 rings (SSSR count). The lowest BCUT2D eigenvalue weighted by Gasteiger charge is -2.34. The number of hydrogen-bond donors (Lipinski definition) is 4. The van der Waals surface area contributed by atoms with E-state index < -0.39 is 42.2 Å². The number of rotatable bonds is 10. The van der Waals surface area contributed by atoms with Crippen LogP contribution in [-0.4, -0.2) is 65.6 Å². The van der Waals surface area contributed by atoms with E-state index >= 15 is 0 Å². The maximum atomic E-state index is 13.7. The summed E-state index contributed by atoms with van der Waals surface area (Å²) >= 11 is 4.25. The van der Waals surface area contributed by atoms with Gasteiger partial charge in [-0.25, -0.2) is 4.79 Å². The number of carbonyl (C=O) groups excluding carboxylic acids is 3. The molecular weight excluding hydrogens is 494 g/mol. The number of nitrogens with one attached hydrogen (secondary N) is 2. The number of aliphatic hydroxyl groups excluding tert-OH is 1. The van der Waals surface area contributed by atoms with Crippen molar-refractivity contribution in [3.8, 4) is 5.75 Å². The van der Waals surface area contributed by atoms with Gasteiger partial charge < -0.3 is 30.1 Å². The molecule has 0 saturated carbocycles. The number of benzene rings is 2. The number of hydrogen-bond acceptors (Lipinski definition) is 7. The van der Waals surface area contributed by atoms with Crippen molar-refractivity contribution in [3.05, 3.63) is 59.2 Å². The third-order valence-corrected chi connectivity index (χ3v) is 5.64. The highest BCUT2D eigenvalue weighted by Gasteiger charge is 2.36. The van der Waals surface area contributed by atoms with Crippen molar-refractivity contribution in [1.29, 1.82) is 0 Å². The lowest BCUT2D eigenvalue weighted by atomic mass is 9.98. The summed E-state index contributed by atoms with van der Waals surface area (Å²) < 4.78 is 10.5. The van der Waals surface area contributed by atoms with Crippen LogP contribution in [0.1, 0.15) is 43.5 Å². The van der Waals surface area contributed by atoms with Crippen molar-refractivity contribution in [2.24, 2.45) is 0 Å². The molecule has 0 bridgehead atoms. The number of aryl methyl sites for hydroxylation is 2. The Balaban J connectivity index is 2.47. The molecule has 0 aliphatic heterocycles. The van der Waals surface area contributed by atoms with E-state index in [9.17, 15) is 19.5 Å².